The van der Waals surface area contributed by atoms with Gasteiger partial charge in [-0.2, -0.15) is 0 Å². The number of benzene rings is 1. The Kier molecular flexibility index (Phi) is 2.92. The van der Waals surface area contributed by atoms with Gasteiger partial charge in [-0.15, -0.1) is 11.3 Å². The van der Waals surface area contributed by atoms with Crippen molar-refractivity contribution in [3.8, 4) is 11.3 Å². The Balaban J connectivity index is 2.36. The number of aromatic nitrogens is 2. The molecule has 2 aromatic heterocycles. The summed E-state index contributed by atoms with van der Waals surface area (Å²) >= 11 is 7.51. The maximum atomic E-state index is 11.3. The van der Waals surface area contributed by atoms with E-state index in [4.69, 9.17) is 11.6 Å². The topological polar surface area (TPSA) is 34.4 Å². The van der Waals surface area contributed by atoms with Crippen molar-refractivity contribution in [1.82, 2.24) is 9.38 Å². The molecular weight excluding hydrogens is 280 g/mol. The molecule has 0 saturated carbocycles. The average molecular weight is 291 g/mol. The molecule has 0 atom stereocenters. The van der Waals surface area contributed by atoms with Crippen LogP contribution < -0.4 is 0 Å². The molecule has 0 bridgehead atoms. The van der Waals surface area contributed by atoms with Gasteiger partial charge >= 0.3 is 0 Å². The van der Waals surface area contributed by atoms with Gasteiger partial charge in [-0.05, 0) is 31.5 Å². The second-order valence-electron chi connectivity index (χ2n) is 4.33. The monoisotopic (exact) mass is 290 g/mol. The van der Waals surface area contributed by atoms with Crippen LogP contribution in [-0.4, -0.2) is 15.7 Å². The van der Waals surface area contributed by atoms with Gasteiger partial charge in [0.25, 0.3) is 0 Å². The van der Waals surface area contributed by atoms with E-state index in [2.05, 4.69) is 4.98 Å². The Morgan fingerprint density at radius 1 is 1.26 bits per heavy atom. The molecule has 1 aromatic carbocycles. The largest absolute Gasteiger partial charge is 0.296 e. The minimum Gasteiger partial charge on any atom is -0.296 e. The number of halogens is 1. The molecule has 5 heteroatoms. The predicted molar refractivity (Wildman–Crippen MR) is 78.4 cm³/mol. The first-order chi connectivity index (χ1) is 9.11. The lowest BCUT2D eigenvalue weighted by Gasteiger charge is -2.04. The molecule has 0 amide bonds. The molecule has 0 fully saturated rings. The Morgan fingerprint density at radius 3 is 2.58 bits per heavy atom. The van der Waals surface area contributed by atoms with E-state index in [0.717, 1.165) is 33.1 Å². The minimum atomic E-state index is 0.615. The normalized spacial score (nSPS) is 11.1. The lowest BCUT2D eigenvalue weighted by molar-refractivity contribution is 0.111. The molecule has 0 spiro atoms. The average Bonchev–Trinajstić information content (AvgIpc) is 2.83. The van der Waals surface area contributed by atoms with Gasteiger partial charge < -0.3 is 0 Å². The maximum absolute atomic E-state index is 11.3. The smallest absolute Gasteiger partial charge is 0.195 e. The summed E-state index contributed by atoms with van der Waals surface area (Å²) in [5.41, 5.74) is 3.42. The van der Waals surface area contributed by atoms with E-state index in [-0.39, 0.29) is 0 Å². The summed E-state index contributed by atoms with van der Waals surface area (Å²) in [6, 6.07) is 7.62. The van der Waals surface area contributed by atoms with Crippen LogP contribution in [-0.2, 0) is 0 Å². The predicted octanol–water partition coefficient (Wildman–Crippen LogP) is 4.15. The number of aldehydes is 1. The number of rotatable bonds is 2. The molecule has 0 aliphatic heterocycles. The first-order valence-electron chi connectivity index (χ1n) is 5.81. The van der Waals surface area contributed by atoms with Crippen molar-refractivity contribution in [1.29, 1.82) is 0 Å². The molecule has 19 heavy (non-hydrogen) atoms. The van der Waals surface area contributed by atoms with Gasteiger partial charge in [0.1, 0.15) is 5.69 Å². The molecule has 3 rings (SSSR count). The number of carbonyl (C=O) groups excluding carboxylic acids is 1. The molecule has 0 aliphatic carbocycles. The SMILES string of the molecule is Cc1nc2sc(C)c(-c3ccc(Cl)cc3)n2c1C=O. The molecule has 0 aliphatic rings. The highest BCUT2D eigenvalue weighted by Gasteiger charge is 2.17. The summed E-state index contributed by atoms with van der Waals surface area (Å²) in [4.78, 5) is 17.7. The van der Waals surface area contributed by atoms with Crippen molar-refractivity contribution >= 4 is 34.2 Å². The van der Waals surface area contributed by atoms with E-state index in [1.165, 1.54) is 0 Å². The van der Waals surface area contributed by atoms with Gasteiger partial charge in [-0.1, -0.05) is 23.7 Å². The number of thiazole rings is 1. The lowest BCUT2D eigenvalue weighted by Crippen LogP contribution is -1.94. The van der Waals surface area contributed by atoms with Crippen LogP contribution in [0.3, 0.4) is 0 Å². The van der Waals surface area contributed by atoms with Gasteiger partial charge in [0.2, 0.25) is 0 Å². The van der Waals surface area contributed by atoms with E-state index in [1.54, 1.807) is 11.3 Å². The lowest BCUT2D eigenvalue weighted by atomic mass is 10.1. The Labute approximate surface area is 119 Å². The van der Waals surface area contributed by atoms with Gasteiger partial charge in [-0.25, -0.2) is 4.98 Å². The van der Waals surface area contributed by atoms with Crippen molar-refractivity contribution in [3.63, 3.8) is 0 Å². The fourth-order valence-electron chi connectivity index (χ4n) is 2.22. The third-order valence-electron chi connectivity index (χ3n) is 3.10. The highest BCUT2D eigenvalue weighted by atomic mass is 35.5. The van der Waals surface area contributed by atoms with Gasteiger partial charge in [-0.3, -0.25) is 9.20 Å². The Morgan fingerprint density at radius 2 is 1.95 bits per heavy atom. The standard InChI is InChI=1S/C14H11ClN2OS/c1-8-12(7-18)17-13(9(2)19-14(17)16-8)10-3-5-11(15)6-4-10/h3-7H,1-2H3. The van der Waals surface area contributed by atoms with Gasteiger partial charge in [0, 0.05) is 9.90 Å². The van der Waals surface area contributed by atoms with Crippen LogP contribution in [0.5, 0.6) is 0 Å². The van der Waals surface area contributed by atoms with E-state index in [1.807, 2.05) is 42.5 Å². The highest BCUT2D eigenvalue weighted by Crippen LogP contribution is 2.33. The number of carbonyl (C=O) groups is 1. The quantitative estimate of drug-likeness (QED) is 0.665. The summed E-state index contributed by atoms with van der Waals surface area (Å²) < 4.78 is 1.92. The summed E-state index contributed by atoms with van der Waals surface area (Å²) in [5.74, 6) is 0. The first kappa shape index (κ1) is 12.4. The van der Waals surface area contributed by atoms with Crippen LogP contribution in [0.2, 0.25) is 5.02 Å². The number of imidazole rings is 1. The van der Waals surface area contributed by atoms with Crippen LogP contribution in [0.1, 0.15) is 21.1 Å². The number of hydrogen-bond donors (Lipinski definition) is 0. The van der Waals surface area contributed by atoms with Crippen LogP contribution >= 0.6 is 22.9 Å². The zero-order valence-electron chi connectivity index (χ0n) is 10.5. The van der Waals surface area contributed by atoms with E-state index in [0.29, 0.717) is 10.7 Å². The highest BCUT2D eigenvalue weighted by molar-refractivity contribution is 7.17. The Bertz CT molecular complexity index is 771. The van der Waals surface area contributed by atoms with Crippen LogP contribution in [0.4, 0.5) is 0 Å². The maximum Gasteiger partial charge on any atom is 0.195 e. The molecular formula is C14H11ClN2OS. The number of hydrogen-bond acceptors (Lipinski definition) is 3. The summed E-state index contributed by atoms with van der Waals surface area (Å²) in [7, 11) is 0. The van der Waals surface area contributed by atoms with Crippen LogP contribution in [0, 0.1) is 13.8 Å². The fraction of sp³-hybridized carbons (Fsp3) is 0.143. The Hall–Kier alpha value is -1.65. The van der Waals surface area contributed by atoms with Crippen LogP contribution in [0.15, 0.2) is 24.3 Å². The zero-order chi connectivity index (χ0) is 13.6. The third-order valence-corrected chi connectivity index (χ3v) is 4.30. The van der Waals surface area contributed by atoms with E-state index in [9.17, 15) is 4.79 Å². The molecule has 3 aromatic rings. The van der Waals surface area contributed by atoms with Crippen molar-refractivity contribution in [2.45, 2.75) is 13.8 Å². The van der Waals surface area contributed by atoms with Crippen molar-refractivity contribution < 1.29 is 4.79 Å². The van der Waals surface area contributed by atoms with Gasteiger partial charge in [0.05, 0.1) is 11.4 Å². The molecule has 0 saturated heterocycles. The van der Waals surface area contributed by atoms with Gasteiger partial charge in [0.15, 0.2) is 11.2 Å². The summed E-state index contributed by atoms with van der Waals surface area (Å²) in [6.45, 7) is 3.89. The molecule has 0 N–H and O–H groups in total. The molecule has 2 heterocycles. The molecule has 96 valence electrons. The number of fused-ring (bicyclic) bond motifs is 1. The van der Waals surface area contributed by atoms with E-state index >= 15 is 0 Å². The molecule has 3 nitrogen and oxygen atoms in total. The van der Waals surface area contributed by atoms with Crippen molar-refractivity contribution in [3.05, 3.63) is 45.6 Å². The van der Waals surface area contributed by atoms with Crippen molar-refractivity contribution in [2.75, 3.05) is 0 Å². The van der Waals surface area contributed by atoms with E-state index < -0.39 is 0 Å². The summed E-state index contributed by atoms with van der Waals surface area (Å²) in [5, 5.41) is 0.699. The van der Waals surface area contributed by atoms with Crippen LogP contribution in [0.25, 0.3) is 16.2 Å². The number of nitrogens with zero attached hydrogens (tertiary/aromatic N) is 2. The van der Waals surface area contributed by atoms with Crippen molar-refractivity contribution in [2.24, 2.45) is 0 Å². The first-order valence-corrected chi connectivity index (χ1v) is 7.01. The fourth-order valence-corrected chi connectivity index (χ4v) is 3.39. The summed E-state index contributed by atoms with van der Waals surface area (Å²) in [6.07, 6.45) is 0.862. The minimum absolute atomic E-state index is 0.615. The number of aryl methyl sites for hydroxylation is 2. The zero-order valence-corrected chi connectivity index (χ0v) is 12.0. The second kappa shape index (κ2) is 4.47. The molecule has 0 unspecified atom stereocenters. The second-order valence-corrected chi connectivity index (χ2v) is 5.95. The molecule has 0 radical (unpaired) electrons. The third kappa shape index (κ3) is 1.88.